The van der Waals surface area contributed by atoms with Crippen molar-refractivity contribution < 1.29 is 9.32 Å². The maximum Gasteiger partial charge on any atom is 0.246 e. The van der Waals surface area contributed by atoms with Crippen LogP contribution in [-0.4, -0.2) is 68.0 Å². The van der Waals surface area contributed by atoms with Gasteiger partial charge in [0.2, 0.25) is 17.6 Å². The van der Waals surface area contributed by atoms with Gasteiger partial charge in [0.1, 0.15) is 0 Å². The number of nitrogens with zero attached hydrogens (tertiary/aromatic N) is 6. The summed E-state index contributed by atoms with van der Waals surface area (Å²) < 4.78 is 7.50. The Morgan fingerprint density at radius 3 is 2.63 bits per heavy atom. The zero-order valence-electron chi connectivity index (χ0n) is 20.4. The van der Waals surface area contributed by atoms with Gasteiger partial charge in [0.15, 0.2) is 4.96 Å². The second kappa shape index (κ2) is 10.1. The molecule has 1 saturated heterocycles. The molecule has 0 atom stereocenters. The van der Waals surface area contributed by atoms with Gasteiger partial charge in [-0.2, -0.15) is 4.98 Å². The minimum Gasteiger partial charge on any atom is -0.339 e. The number of rotatable bonds is 7. The quantitative estimate of drug-likeness (QED) is 0.362. The first kappa shape index (κ1) is 23.4. The normalized spacial score (nSPS) is 15.0. The number of imidazole rings is 1. The van der Waals surface area contributed by atoms with Crippen LogP contribution in [0.25, 0.3) is 22.4 Å². The molecule has 1 aliphatic heterocycles. The molecule has 0 radical (unpaired) electrons. The average Bonchev–Trinajstić information content (AvgIpc) is 3.53. The van der Waals surface area contributed by atoms with Crippen LogP contribution in [-0.2, 0) is 11.2 Å². The number of benzene rings is 1. The Morgan fingerprint density at radius 2 is 1.86 bits per heavy atom. The molecule has 182 valence electrons. The first-order valence-electron chi connectivity index (χ1n) is 12.0. The first-order valence-corrected chi connectivity index (χ1v) is 12.8. The molecule has 8 nitrogen and oxygen atoms in total. The number of amides is 1. The molecule has 0 aliphatic carbocycles. The van der Waals surface area contributed by atoms with Crippen molar-refractivity contribution in [3.05, 3.63) is 64.3 Å². The van der Waals surface area contributed by atoms with E-state index in [0.29, 0.717) is 11.7 Å². The number of thiazole rings is 1. The van der Waals surface area contributed by atoms with Crippen molar-refractivity contribution in [3.8, 4) is 11.4 Å². The number of fused-ring (bicyclic) bond motifs is 1. The second-order valence-electron chi connectivity index (χ2n) is 9.06. The van der Waals surface area contributed by atoms with Gasteiger partial charge in [0, 0.05) is 55.3 Å². The number of carbonyl (C=O) groups is 1. The summed E-state index contributed by atoms with van der Waals surface area (Å²) >= 11 is 1.66. The Labute approximate surface area is 208 Å². The number of hydrogen-bond donors (Lipinski definition) is 0. The van der Waals surface area contributed by atoms with Crippen LogP contribution < -0.4 is 0 Å². The summed E-state index contributed by atoms with van der Waals surface area (Å²) in [6.07, 6.45) is 7.34. The van der Waals surface area contributed by atoms with Gasteiger partial charge in [-0.3, -0.25) is 14.1 Å². The molecule has 1 fully saturated rings. The molecule has 4 aromatic rings. The zero-order chi connectivity index (χ0) is 24.4. The maximum atomic E-state index is 12.8. The van der Waals surface area contributed by atoms with E-state index in [9.17, 15) is 4.79 Å². The Bertz CT molecular complexity index is 1340. The lowest BCUT2D eigenvalue weighted by Crippen LogP contribution is -2.48. The van der Waals surface area contributed by atoms with Crippen LogP contribution in [0.1, 0.15) is 34.1 Å². The van der Waals surface area contributed by atoms with Gasteiger partial charge in [-0.25, -0.2) is 4.98 Å². The SMILES string of the molecule is Cc1ccc(-c2noc(CCCN3CCN(C(=O)/C=C\c4c(C)nc5sc(C)cn45)CC3)n2)cc1. The van der Waals surface area contributed by atoms with E-state index < -0.39 is 0 Å². The number of carbonyl (C=O) groups excluding carboxylic acids is 1. The lowest BCUT2D eigenvalue weighted by Gasteiger charge is -2.34. The van der Waals surface area contributed by atoms with E-state index in [-0.39, 0.29) is 5.91 Å². The number of piperazine rings is 1. The molecule has 0 N–H and O–H groups in total. The lowest BCUT2D eigenvalue weighted by molar-refractivity contribution is -0.127. The number of hydrogen-bond acceptors (Lipinski definition) is 7. The average molecular weight is 491 g/mol. The molecule has 1 aliphatic rings. The molecule has 0 bridgehead atoms. The largest absolute Gasteiger partial charge is 0.339 e. The lowest BCUT2D eigenvalue weighted by atomic mass is 10.1. The fourth-order valence-corrected chi connectivity index (χ4v) is 5.24. The van der Waals surface area contributed by atoms with E-state index in [1.807, 2.05) is 42.2 Å². The summed E-state index contributed by atoms with van der Waals surface area (Å²) in [6, 6.07) is 8.13. The van der Waals surface area contributed by atoms with Crippen molar-refractivity contribution in [2.45, 2.75) is 33.6 Å². The van der Waals surface area contributed by atoms with Gasteiger partial charge >= 0.3 is 0 Å². The van der Waals surface area contributed by atoms with Crippen LogP contribution in [0.2, 0.25) is 0 Å². The highest BCUT2D eigenvalue weighted by atomic mass is 32.1. The molecule has 0 spiro atoms. The molecule has 3 aromatic heterocycles. The van der Waals surface area contributed by atoms with Gasteiger partial charge in [-0.05, 0) is 39.8 Å². The summed E-state index contributed by atoms with van der Waals surface area (Å²) in [5, 5.41) is 4.11. The zero-order valence-corrected chi connectivity index (χ0v) is 21.2. The highest BCUT2D eigenvalue weighted by molar-refractivity contribution is 7.17. The monoisotopic (exact) mass is 490 g/mol. The summed E-state index contributed by atoms with van der Waals surface area (Å²) in [4.78, 5) is 28.4. The van der Waals surface area contributed by atoms with Gasteiger partial charge in [0.25, 0.3) is 0 Å². The van der Waals surface area contributed by atoms with Gasteiger partial charge in [-0.1, -0.05) is 35.0 Å². The molecule has 1 amide bonds. The van der Waals surface area contributed by atoms with E-state index in [2.05, 4.69) is 44.5 Å². The summed E-state index contributed by atoms with van der Waals surface area (Å²) in [7, 11) is 0. The van der Waals surface area contributed by atoms with Crippen molar-refractivity contribution in [1.29, 1.82) is 0 Å². The molecular weight excluding hydrogens is 460 g/mol. The summed E-state index contributed by atoms with van der Waals surface area (Å²) in [5.74, 6) is 1.37. The highest BCUT2D eigenvalue weighted by Crippen LogP contribution is 2.22. The van der Waals surface area contributed by atoms with Crippen LogP contribution >= 0.6 is 11.3 Å². The molecule has 0 saturated carbocycles. The van der Waals surface area contributed by atoms with E-state index in [1.165, 1.54) is 10.4 Å². The molecule has 5 rings (SSSR count). The molecule has 9 heteroatoms. The van der Waals surface area contributed by atoms with Crippen molar-refractivity contribution in [3.63, 3.8) is 0 Å². The van der Waals surface area contributed by atoms with Crippen molar-refractivity contribution in [1.82, 2.24) is 29.3 Å². The van der Waals surface area contributed by atoms with Crippen LogP contribution in [0.5, 0.6) is 0 Å². The predicted octanol–water partition coefficient (Wildman–Crippen LogP) is 4.16. The molecule has 0 unspecified atom stereocenters. The van der Waals surface area contributed by atoms with E-state index >= 15 is 0 Å². The third kappa shape index (κ3) is 5.36. The predicted molar refractivity (Wildman–Crippen MR) is 137 cm³/mol. The van der Waals surface area contributed by atoms with Gasteiger partial charge in [-0.15, -0.1) is 11.3 Å². The van der Waals surface area contributed by atoms with E-state index in [0.717, 1.165) is 67.5 Å². The Hall–Kier alpha value is -3.30. The molecule has 4 heterocycles. The topological polar surface area (TPSA) is 79.8 Å². The van der Waals surface area contributed by atoms with Crippen molar-refractivity contribution >= 4 is 28.3 Å². The number of aryl methyl sites for hydroxylation is 4. The van der Waals surface area contributed by atoms with Crippen LogP contribution in [0, 0.1) is 20.8 Å². The smallest absolute Gasteiger partial charge is 0.246 e. The third-order valence-electron chi connectivity index (χ3n) is 6.37. The third-order valence-corrected chi connectivity index (χ3v) is 7.27. The van der Waals surface area contributed by atoms with E-state index in [4.69, 9.17) is 4.52 Å². The standard InChI is InChI=1S/C26H30N6O2S/c1-18-6-8-21(9-7-18)25-28-23(34-29-25)5-4-12-30-13-15-31(16-14-30)24(33)11-10-22-20(3)27-26-32(22)17-19(2)35-26/h6-11,17H,4-5,12-16H2,1-3H3/b11-10-. The Morgan fingerprint density at radius 1 is 1.09 bits per heavy atom. The Balaban J connectivity index is 1.07. The maximum absolute atomic E-state index is 12.8. The van der Waals surface area contributed by atoms with Crippen molar-refractivity contribution in [2.24, 2.45) is 0 Å². The first-order chi connectivity index (χ1) is 17.0. The van der Waals surface area contributed by atoms with Crippen LogP contribution in [0.15, 0.2) is 41.1 Å². The molecule has 35 heavy (non-hydrogen) atoms. The highest BCUT2D eigenvalue weighted by Gasteiger charge is 2.20. The van der Waals surface area contributed by atoms with E-state index in [1.54, 1.807) is 17.4 Å². The number of aromatic nitrogens is 4. The van der Waals surface area contributed by atoms with Gasteiger partial charge in [0.05, 0.1) is 11.4 Å². The minimum atomic E-state index is 0.0560. The fraction of sp³-hybridized carbons (Fsp3) is 0.385. The molecule has 1 aromatic carbocycles. The summed E-state index contributed by atoms with van der Waals surface area (Å²) in [5.41, 5.74) is 4.09. The fourth-order valence-electron chi connectivity index (χ4n) is 4.36. The molecular formula is C26H30N6O2S. The second-order valence-corrected chi connectivity index (χ2v) is 10.3. The van der Waals surface area contributed by atoms with Crippen molar-refractivity contribution in [2.75, 3.05) is 32.7 Å². The van der Waals surface area contributed by atoms with Crippen LogP contribution in [0.3, 0.4) is 0 Å². The summed E-state index contributed by atoms with van der Waals surface area (Å²) in [6.45, 7) is 10.3. The Kier molecular flexibility index (Phi) is 6.79. The van der Waals surface area contributed by atoms with Crippen LogP contribution in [0.4, 0.5) is 0 Å². The minimum absolute atomic E-state index is 0.0560. The van der Waals surface area contributed by atoms with Gasteiger partial charge < -0.3 is 9.42 Å².